The number of nitrogens with one attached hydrogen (secondary N) is 2. The third-order valence-electron chi connectivity index (χ3n) is 2.04. The van der Waals surface area contributed by atoms with Gasteiger partial charge in [0, 0.05) is 27.1 Å². The topological polar surface area (TPSA) is 62.7 Å². The van der Waals surface area contributed by atoms with Gasteiger partial charge in [0.15, 0.2) is 5.96 Å². The molecule has 6 heteroatoms. The Morgan fingerprint density at radius 3 is 2.50 bits per heavy atom. The zero-order valence-corrected chi connectivity index (χ0v) is 12.5. The van der Waals surface area contributed by atoms with Gasteiger partial charge >= 0.3 is 5.97 Å². The Morgan fingerprint density at radius 2 is 2.00 bits per heavy atom. The van der Waals surface area contributed by atoms with Gasteiger partial charge in [-0.3, -0.25) is 9.79 Å². The number of carbonyl (C=O) groups excluding carboxylic acids is 1. The lowest BCUT2D eigenvalue weighted by Crippen LogP contribution is -2.35. The molecule has 0 aliphatic heterocycles. The predicted molar refractivity (Wildman–Crippen MR) is 76.3 cm³/mol. The molecule has 0 saturated heterocycles. The van der Waals surface area contributed by atoms with Crippen molar-refractivity contribution in [1.29, 1.82) is 0 Å². The van der Waals surface area contributed by atoms with Crippen molar-refractivity contribution in [2.24, 2.45) is 4.99 Å². The van der Waals surface area contributed by atoms with E-state index in [-0.39, 0.29) is 29.9 Å². The van der Waals surface area contributed by atoms with Gasteiger partial charge in [-0.15, -0.1) is 24.0 Å². The molecule has 0 fully saturated rings. The van der Waals surface area contributed by atoms with Crippen LogP contribution in [0.15, 0.2) is 4.99 Å². The first kappa shape index (κ1) is 17.9. The van der Waals surface area contributed by atoms with Crippen LogP contribution in [0, 0.1) is 0 Å². The second kappa shape index (κ2) is 12.5. The van der Waals surface area contributed by atoms with Crippen molar-refractivity contribution in [3.8, 4) is 0 Å². The maximum absolute atomic E-state index is 10.8. The second-order valence-corrected chi connectivity index (χ2v) is 3.14. The van der Waals surface area contributed by atoms with Crippen molar-refractivity contribution in [3.05, 3.63) is 0 Å². The molecule has 0 heterocycles. The quantitative estimate of drug-likeness (QED) is 0.250. The van der Waals surface area contributed by atoms with E-state index in [4.69, 9.17) is 0 Å². The molecular weight excluding hydrogens is 321 g/mol. The molecule has 0 rings (SSSR count). The van der Waals surface area contributed by atoms with Crippen LogP contribution in [0.4, 0.5) is 0 Å². The molecular formula is C10H22IN3O2. The highest BCUT2D eigenvalue weighted by Crippen LogP contribution is 1.99. The minimum atomic E-state index is -0.131. The predicted octanol–water partition coefficient (Wildman–Crippen LogP) is 1.13. The summed E-state index contributed by atoms with van der Waals surface area (Å²) in [5, 5.41) is 6.08. The normalized spacial score (nSPS) is 10.3. The highest BCUT2D eigenvalue weighted by molar-refractivity contribution is 14.0. The summed E-state index contributed by atoms with van der Waals surface area (Å²) in [6.45, 7) is 0.870. The Bertz CT molecular complexity index is 210. The number of hydrogen-bond acceptors (Lipinski definition) is 3. The summed E-state index contributed by atoms with van der Waals surface area (Å²) >= 11 is 0. The first-order valence-electron chi connectivity index (χ1n) is 5.19. The molecule has 0 aliphatic carbocycles. The number of hydrogen-bond donors (Lipinski definition) is 2. The van der Waals surface area contributed by atoms with Crippen LogP contribution < -0.4 is 10.6 Å². The lowest BCUT2D eigenvalue weighted by molar-refractivity contribution is -0.140. The molecule has 0 amide bonds. The van der Waals surface area contributed by atoms with E-state index in [9.17, 15) is 4.79 Å². The molecule has 0 radical (unpaired) electrons. The fourth-order valence-corrected chi connectivity index (χ4v) is 1.16. The van der Waals surface area contributed by atoms with Gasteiger partial charge in [-0.1, -0.05) is 6.42 Å². The SMILES string of the molecule is CN=C(NC)NCCCCCC(=O)OC.I. The average Bonchev–Trinajstić information content (AvgIpc) is 2.28. The number of rotatable bonds is 6. The van der Waals surface area contributed by atoms with Crippen LogP contribution in [0.25, 0.3) is 0 Å². The molecule has 16 heavy (non-hydrogen) atoms. The van der Waals surface area contributed by atoms with E-state index < -0.39 is 0 Å². The Labute approximate surface area is 114 Å². The lowest BCUT2D eigenvalue weighted by Gasteiger charge is -2.07. The number of halogens is 1. The van der Waals surface area contributed by atoms with E-state index in [0.29, 0.717) is 6.42 Å². The zero-order chi connectivity index (χ0) is 11.5. The van der Waals surface area contributed by atoms with E-state index >= 15 is 0 Å². The molecule has 5 nitrogen and oxygen atoms in total. The summed E-state index contributed by atoms with van der Waals surface area (Å²) in [6.07, 6.45) is 3.43. The maximum Gasteiger partial charge on any atom is 0.305 e. The van der Waals surface area contributed by atoms with Gasteiger partial charge in [-0.05, 0) is 12.8 Å². The summed E-state index contributed by atoms with van der Waals surface area (Å²) < 4.78 is 4.55. The van der Waals surface area contributed by atoms with Crippen LogP contribution in [0.3, 0.4) is 0 Å². The number of unbranched alkanes of at least 4 members (excludes halogenated alkanes) is 2. The van der Waals surface area contributed by atoms with Crippen LogP contribution in [0.2, 0.25) is 0 Å². The molecule has 2 N–H and O–H groups in total. The van der Waals surface area contributed by atoms with Crippen LogP contribution in [-0.2, 0) is 9.53 Å². The molecule has 0 aromatic rings. The van der Waals surface area contributed by atoms with Crippen molar-refractivity contribution >= 4 is 35.9 Å². The summed E-state index contributed by atoms with van der Waals surface area (Å²) in [6, 6.07) is 0. The largest absolute Gasteiger partial charge is 0.469 e. The van der Waals surface area contributed by atoms with Crippen LogP contribution in [0.5, 0.6) is 0 Å². The van der Waals surface area contributed by atoms with Gasteiger partial charge in [0.1, 0.15) is 0 Å². The molecule has 0 saturated carbocycles. The molecule has 0 aliphatic rings. The molecule has 0 aromatic heterocycles. The first-order chi connectivity index (χ1) is 7.24. The Balaban J connectivity index is 0. The standard InChI is InChI=1S/C10H21N3O2.HI/c1-11-10(12-2)13-8-6-4-5-7-9(14)15-3;/h4-8H2,1-3H3,(H2,11,12,13);1H. The number of nitrogens with zero attached hydrogens (tertiary/aromatic N) is 1. The molecule has 0 aromatic carbocycles. The number of aliphatic imine (C=N–C) groups is 1. The van der Waals surface area contributed by atoms with Crippen molar-refractivity contribution in [2.75, 3.05) is 27.7 Å². The van der Waals surface area contributed by atoms with Gasteiger partial charge in [-0.2, -0.15) is 0 Å². The number of ether oxygens (including phenoxy) is 1. The average molecular weight is 343 g/mol. The highest BCUT2D eigenvalue weighted by atomic mass is 127. The summed E-state index contributed by atoms with van der Waals surface area (Å²) in [5.41, 5.74) is 0. The maximum atomic E-state index is 10.8. The van der Waals surface area contributed by atoms with Gasteiger partial charge in [0.2, 0.25) is 0 Å². The van der Waals surface area contributed by atoms with Gasteiger partial charge in [0.25, 0.3) is 0 Å². The molecule has 0 spiro atoms. The Kier molecular flexibility index (Phi) is 14.0. The van der Waals surface area contributed by atoms with E-state index in [1.165, 1.54) is 7.11 Å². The second-order valence-electron chi connectivity index (χ2n) is 3.14. The lowest BCUT2D eigenvalue weighted by atomic mass is 10.2. The summed E-state index contributed by atoms with van der Waals surface area (Å²) in [4.78, 5) is 14.8. The van der Waals surface area contributed by atoms with Crippen LogP contribution in [0.1, 0.15) is 25.7 Å². The van der Waals surface area contributed by atoms with Crippen molar-refractivity contribution in [3.63, 3.8) is 0 Å². The van der Waals surface area contributed by atoms with Crippen molar-refractivity contribution < 1.29 is 9.53 Å². The van der Waals surface area contributed by atoms with Gasteiger partial charge < -0.3 is 15.4 Å². The van der Waals surface area contributed by atoms with E-state index in [1.54, 1.807) is 7.05 Å². The Morgan fingerprint density at radius 1 is 1.31 bits per heavy atom. The number of carbonyl (C=O) groups is 1. The van der Waals surface area contributed by atoms with Crippen LogP contribution >= 0.6 is 24.0 Å². The van der Waals surface area contributed by atoms with Crippen molar-refractivity contribution in [1.82, 2.24) is 10.6 Å². The highest BCUT2D eigenvalue weighted by Gasteiger charge is 1.99. The van der Waals surface area contributed by atoms with E-state index in [1.807, 2.05) is 7.05 Å². The summed E-state index contributed by atoms with van der Waals surface area (Å²) in [5.74, 6) is 0.664. The third kappa shape index (κ3) is 10.0. The van der Waals surface area contributed by atoms with E-state index in [2.05, 4.69) is 20.4 Å². The first-order valence-corrected chi connectivity index (χ1v) is 5.19. The van der Waals surface area contributed by atoms with E-state index in [0.717, 1.165) is 31.8 Å². The monoisotopic (exact) mass is 343 g/mol. The van der Waals surface area contributed by atoms with Gasteiger partial charge in [0.05, 0.1) is 7.11 Å². The minimum absolute atomic E-state index is 0. The fourth-order valence-electron chi connectivity index (χ4n) is 1.16. The van der Waals surface area contributed by atoms with Crippen molar-refractivity contribution in [2.45, 2.75) is 25.7 Å². The molecule has 0 bridgehead atoms. The molecule has 0 unspecified atom stereocenters. The molecule has 96 valence electrons. The minimum Gasteiger partial charge on any atom is -0.469 e. The Hall–Kier alpha value is -0.530. The number of guanidine groups is 1. The fraction of sp³-hybridized carbons (Fsp3) is 0.800. The zero-order valence-electron chi connectivity index (χ0n) is 10.2. The number of esters is 1. The summed E-state index contributed by atoms with van der Waals surface area (Å²) in [7, 11) is 4.98. The number of methoxy groups -OCH3 is 1. The smallest absolute Gasteiger partial charge is 0.305 e. The van der Waals surface area contributed by atoms with Crippen LogP contribution in [-0.4, -0.2) is 39.7 Å². The third-order valence-corrected chi connectivity index (χ3v) is 2.04. The van der Waals surface area contributed by atoms with Gasteiger partial charge in [-0.25, -0.2) is 0 Å². The molecule has 0 atom stereocenters.